The maximum Gasteiger partial charge on any atom is 0.193 e. The van der Waals surface area contributed by atoms with Crippen LogP contribution in [0.25, 0.3) is 21.5 Å². The minimum Gasteiger partial charge on any atom is -0.370 e. The highest BCUT2D eigenvalue weighted by Gasteiger charge is 1.99. The second-order valence-electron chi connectivity index (χ2n) is 8.32. The molecule has 0 atom stereocenters. The molecule has 6 nitrogen and oxygen atoms in total. The van der Waals surface area contributed by atoms with Crippen LogP contribution in [0.4, 0.5) is 11.4 Å². The van der Waals surface area contributed by atoms with E-state index in [9.17, 15) is 0 Å². The maximum absolute atomic E-state index is 6.04. The van der Waals surface area contributed by atoms with Gasteiger partial charge in [-0.05, 0) is 58.7 Å². The van der Waals surface area contributed by atoms with Crippen LogP contribution in [0.5, 0.6) is 0 Å². The largest absolute Gasteiger partial charge is 0.370 e. The molecule has 0 spiro atoms. The molecule has 0 radical (unpaired) electrons. The highest BCUT2D eigenvalue weighted by molar-refractivity contribution is 5.96. The number of hydrogen-bond acceptors (Lipinski definition) is 2. The van der Waals surface area contributed by atoms with Gasteiger partial charge in [0.1, 0.15) is 0 Å². The van der Waals surface area contributed by atoms with Gasteiger partial charge in [0.25, 0.3) is 0 Å². The van der Waals surface area contributed by atoms with E-state index in [1.54, 1.807) is 0 Å². The molecule has 0 heterocycles. The van der Waals surface area contributed by atoms with Gasteiger partial charge in [-0.25, -0.2) is 0 Å². The topological polar surface area (TPSA) is 101 Å². The number of nitrogens with two attached hydrogens (primary N) is 2. The standard InChI is InChI=1S/C28H32N6/c29-27(33-25-15-13-21-9-3-5-11-23(21)19-25)31-17-7-1-2-8-18-32-28(30)34-26-16-14-22-10-4-6-12-24(22)20-26/h3-6,9-16,19-20H,1-2,7-8,17-18H2,(H3,29,31,33)(H3,30,32,34). The van der Waals surface area contributed by atoms with Gasteiger partial charge in [-0.1, -0.05) is 73.5 Å². The summed E-state index contributed by atoms with van der Waals surface area (Å²) < 4.78 is 0. The molecule has 0 saturated carbocycles. The Morgan fingerprint density at radius 2 is 0.941 bits per heavy atom. The summed E-state index contributed by atoms with van der Waals surface area (Å²) in [5.74, 6) is 0.903. The molecule has 4 aromatic carbocycles. The summed E-state index contributed by atoms with van der Waals surface area (Å²) in [6, 6.07) is 28.9. The summed E-state index contributed by atoms with van der Waals surface area (Å²) in [7, 11) is 0. The highest BCUT2D eigenvalue weighted by atomic mass is 15.1. The predicted octanol–water partition coefficient (Wildman–Crippen LogP) is 5.71. The monoisotopic (exact) mass is 452 g/mol. The molecule has 174 valence electrons. The van der Waals surface area contributed by atoms with Gasteiger partial charge in [-0.15, -0.1) is 0 Å². The molecule has 0 aliphatic carbocycles. The summed E-state index contributed by atoms with van der Waals surface area (Å²) in [6.45, 7) is 1.42. The Kier molecular flexibility index (Phi) is 7.95. The van der Waals surface area contributed by atoms with Gasteiger partial charge in [0.2, 0.25) is 0 Å². The van der Waals surface area contributed by atoms with Crippen LogP contribution in [0.1, 0.15) is 25.7 Å². The first-order valence-corrected chi connectivity index (χ1v) is 11.8. The first-order chi connectivity index (χ1) is 16.7. The Hall–Kier alpha value is -4.06. The van der Waals surface area contributed by atoms with Gasteiger partial charge >= 0.3 is 0 Å². The van der Waals surface area contributed by atoms with Crippen molar-refractivity contribution in [1.82, 2.24) is 0 Å². The lowest BCUT2D eigenvalue weighted by atomic mass is 10.1. The van der Waals surface area contributed by atoms with Crippen LogP contribution < -0.4 is 22.1 Å². The number of rotatable bonds is 9. The van der Waals surface area contributed by atoms with Gasteiger partial charge in [0, 0.05) is 24.5 Å². The molecule has 4 rings (SSSR count). The zero-order chi connectivity index (χ0) is 23.6. The molecule has 6 N–H and O–H groups in total. The third-order valence-electron chi connectivity index (χ3n) is 5.67. The number of hydrogen-bond donors (Lipinski definition) is 4. The molecule has 6 heteroatoms. The number of unbranched alkanes of at least 4 members (excludes halogenated alkanes) is 3. The van der Waals surface area contributed by atoms with E-state index < -0.39 is 0 Å². The minimum absolute atomic E-state index is 0.451. The fraction of sp³-hybridized carbons (Fsp3) is 0.214. The third-order valence-corrected chi connectivity index (χ3v) is 5.67. The van der Waals surface area contributed by atoms with E-state index in [1.165, 1.54) is 21.5 Å². The van der Waals surface area contributed by atoms with Crippen LogP contribution in [0, 0.1) is 0 Å². The summed E-state index contributed by atoms with van der Waals surface area (Å²) in [5.41, 5.74) is 14.0. The first kappa shape index (κ1) is 23.1. The van der Waals surface area contributed by atoms with Crippen LogP contribution >= 0.6 is 0 Å². The molecular weight excluding hydrogens is 420 g/mol. The second-order valence-corrected chi connectivity index (χ2v) is 8.32. The Bertz CT molecular complexity index is 1190. The van der Waals surface area contributed by atoms with Gasteiger partial charge in [0.05, 0.1) is 0 Å². The SMILES string of the molecule is NC(=NCCCCCCN=C(N)Nc1ccc2ccccc2c1)Nc1ccc2ccccc2c1. The molecule has 0 fully saturated rings. The van der Waals surface area contributed by atoms with Gasteiger partial charge in [0.15, 0.2) is 11.9 Å². The number of nitrogens with one attached hydrogen (secondary N) is 2. The minimum atomic E-state index is 0.451. The Morgan fingerprint density at radius 3 is 1.38 bits per heavy atom. The molecule has 0 aromatic heterocycles. The normalized spacial score (nSPS) is 12.2. The third kappa shape index (κ3) is 6.72. The van der Waals surface area contributed by atoms with E-state index in [4.69, 9.17) is 11.5 Å². The summed E-state index contributed by atoms with van der Waals surface area (Å²) in [5, 5.41) is 11.1. The van der Waals surface area contributed by atoms with Crippen molar-refractivity contribution in [1.29, 1.82) is 0 Å². The van der Waals surface area contributed by atoms with E-state index in [1.807, 2.05) is 36.4 Å². The van der Waals surface area contributed by atoms with Crippen LogP contribution in [-0.4, -0.2) is 25.0 Å². The lowest BCUT2D eigenvalue weighted by molar-refractivity contribution is 0.654. The first-order valence-electron chi connectivity index (χ1n) is 11.8. The van der Waals surface area contributed by atoms with Crippen molar-refractivity contribution in [3.63, 3.8) is 0 Å². The number of anilines is 2. The van der Waals surface area contributed by atoms with E-state index in [2.05, 4.69) is 69.1 Å². The Morgan fingerprint density at radius 1 is 0.529 bits per heavy atom. The predicted molar refractivity (Wildman–Crippen MR) is 147 cm³/mol. The van der Waals surface area contributed by atoms with Crippen LogP contribution in [0.3, 0.4) is 0 Å². The zero-order valence-electron chi connectivity index (χ0n) is 19.4. The van der Waals surface area contributed by atoms with E-state index in [0.29, 0.717) is 25.0 Å². The summed E-state index contributed by atoms with van der Waals surface area (Å²) in [6.07, 6.45) is 4.16. The molecule has 4 aromatic rings. The number of benzene rings is 4. The van der Waals surface area contributed by atoms with Gasteiger partial charge < -0.3 is 22.1 Å². The average Bonchev–Trinajstić information content (AvgIpc) is 2.85. The number of fused-ring (bicyclic) bond motifs is 2. The molecule has 0 bridgehead atoms. The van der Waals surface area contributed by atoms with Crippen molar-refractivity contribution in [3.05, 3.63) is 84.9 Å². The zero-order valence-corrected chi connectivity index (χ0v) is 19.4. The van der Waals surface area contributed by atoms with Crippen molar-refractivity contribution >= 4 is 44.8 Å². The van der Waals surface area contributed by atoms with E-state index >= 15 is 0 Å². The molecule has 0 saturated heterocycles. The van der Waals surface area contributed by atoms with E-state index in [0.717, 1.165) is 37.1 Å². The molecule has 34 heavy (non-hydrogen) atoms. The molecular formula is C28H32N6. The maximum atomic E-state index is 6.04. The van der Waals surface area contributed by atoms with Crippen molar-refractivity contribution in [2.45, 2.75) is 25.7 Å². The molecule has 0 aliphatic rings. The van der Waals surface area contributed by atoms with Crippen molar-refractivity contribution in [3.8, 4) is 0 Å². The van der Waals surface area contributed by atoms with Crippen molar-refractivity contribution in [2.24, 2.45) is 21.5 Å². The van der Waals surface area contributed by atoms with E-state index in [-0.39, 0.29) is 0 Å². The smallest absolute Gasteiger partial charge is 0.193 e. The van der Waals surface area contributed by atoms with Crippen LogP contribution in [0.2, 0.25) is 0 Å². The molecule has 0 unspecified atom stereocenters. The van der Waals surface area contributed by atoms with Crippen LogP contribution in [0.15, 0.2) is 94.9 Å². The Balaban J connectivity index is 1.12. The summed E-state index contributed by atoms with van der Waals surface area (Å²) >= 11 is 0. The van der Waals surface area contributed by atoms with Gasteiger partial charge in [-0.3, -0.25) is 9.98 Å². The van der Waals surface area contributed by atoms with Crippen molar-refractivity contribution in [2.75, 3.05) is 23.7 Å². The Labute approximate surface area is 200 Å². The lowest BCUT2D eigenvalue weighted by Crippen LogP contribution is -2.23. The highest BCUT2D eigenvalue weighted by Crippen LogP contribution is 2.19. The molecule has 0 aliphatic heterocycles. The molecule has 0 amide bonds. The fourth-order valence-electron chi connectivity index (χ4n) is 3.89. The number of guanidine groups is 2. The fourth-order valence-corrected chi connectivity index (χ4v) is 3.89. The van der Waals surface area contributed by atoms with Crippen LogP contribution in [-0.2, 0) is 0 Å². The lowest BCUT2D eigenvalue weighted by Gasteiger charge is -2.07. The number of aliphatic imine (C=N–C) groups is 2. The average molecular weight is 453 g/mol. The number of nitrogens with zero attached hydrogens (tertiary/aromatic N) is 2. The summed E-state index contributed by atoms with van der Waals surface area (Å²) in [4.78, 5) is 8.88. The van der Waals surface area contributed by atoms with Crippen molar-refractivity contribution < 1.29 is 0 Å². The van der Waals surface area contributed by atoms with Gasteiger partial charge in [-0.2, -0.15) is 0 Å². The second kappa shape index (κ2) is 11.7. The quantitative estimate of drug-likeness (QED) is 0.148.